The zero-order valence-electron chi connectivity index (χ0n) is 10.0. The third kappa shape index (κ3) is 2.89. The zero-order valence-corrected chi connectivity index (χ0v) is 10.8. The normalized spacial score (nSPS) is 22.2. The summed E-state index contributed by atoms with van der Waals surface area (Å²) in [5.41, 5.74) is 1.08. The lowest BCUT2D eigenvalue weighted by molar-refractivity contribution is 0.206. The molecule has 2 heterocycles. The molecule has 0 spiro atoms. The van der Waals surface area contributed by atoms with Crippen LogP contribution in [0.15, 0.2) is 12.3 Å². The van der Waals surface area contributed by atoms with Crippen LogP contribution in [-0.2, 0) is 0 Å². The number of rotatable bonds is 2. The molecular weight excluding hydrogens is 238 g/mol. The summed E-state index contributed by atoms with van der Waals surface area (Å²) >= 11 is 5.92. The van der Waals surface area contributed by atoms with E-state index in [9.17, 15) is 0 Å². The molecule has 94 valence electrons. The second kappa shape index (κ2) is 5.67. The Balaban J connectivity index is 2.25. The van der Waals surface area contributed by atoms with E-state index in [4.69, 9.17) is 22.2 Å². The molecule has 1 atom stereocenters. The highest BCUT2D eigenvalue weighted by molar-refractivity contribution is 6.30. The Hall–Kier alpha value is -0.840. The Morgan fingerprint density at radius 2 is 2.29 bits per heavy atom. The minimum atomic E-state index is 0.219. The highest BCUT2D eigenvalue weighted by Gasteiger charge is 2.21. The van der Waals surface area contributed by atoms with Crippen molar-refractivity contribution in [1.82, 2.24) is 9.99 Å². The van der Waals surface area contributed by atoms with Crippen LogP contribution in [0, 0.1) is 0 Å². The van der Waals surface area contributed by atoms with Gasteiger partial charge in [0.1, 0.15) is 0 Å². The summed E-state index contributed by atoms with van der Waals surface area (Å²) in [7, 11) is 1.60. The Morgan fingerprint density at radius 1 is 1.47 bits per heavy atom. The van der Waals surface area contributed by atoms with Gasteiger partial charge < -0.3 is 4.74 Å². The number of ether oxygens (including phenoxy) is 1. The fourth-order valence-electron chi connectivity index (χ4n) is 2.26. The van der Waals surface area contributed by atoms with Gasteiger partial charge in [0.2, 0.25) is 0 Å². The average Bonchev–Trinajstić information content (AvgIpc) is 2.55. The van der Waals surface area contributed by atoms with Gasteiger partial charge in [-0.1, -0.05) is 24.4 Å². The molecule has 0 aliphatic carbocycles. The van der Waals surface area contributed by atoms with E-state index in [0.717, 1.165) is 24.9 Å². The summed E-state index contributed by atoms with van der Waals surface area (Å²) < 4.78 is 5.19. The van der Waals surface area contributed by atoms with Gasteiger partial charge in [-0.15, -0.1) is 0 Å². The number of nitrogens with two attached hydrogens (primary N) is 1. The average molecular weight is 256 g/mol. The summed E-state index contributed by atoms with van der Waals surface area (Å²) in [6.45, 7) is 0.926. The van der Waals surface area contributed by atoms with E-state index < -0.39 is 0 Å². The fourth-order valence-corrected chi connectivity index (χ4v) is 2.44. The number of halogens is 1. The molecule has 1 aliphatic rings. The topological polar surface area (TPSA) is 51.4 Å². The largest absolute Gasteiger partial charge is 0.494 e. The highest BCUT2D eigenvalue weighted by atomic mass is 35.5. The van der Waals surface area contributed by atoms with Crippen molar-refractivity contribution >= 4 is 11.6 Å². The van der Waals surface area contributed by atoms with E-state index >= 15 is 0 Å². The van der Waals surface area contributed by atoms with E-state index in [1.54, 1.807) is 13.3 Å². The van der Waals surface area contributed by atoms with Crippen molar-refractivity contribution in [2.75, 3.05) is 13.7 Å². The van der Waals surface area contributed by atoms with Gasteiger partial charge >= 0.3 is 0 Å². The van der Waals surface area contributed by atoms with E-state index in [1.165, 1.54) is 12.8 Å². The van der Waals surface area contributed by atoms with Crippen LogP contribution in [0.25, 0.3) is 0 Å². The smallest absolute Gasteiger partial charge is 0.171 e. The molecule has 0 unspecified atom stereocenters. The summed E-state index contributed by atoms with van der Waals surface area (Å²) in [6.07, 6.45) is 6.44. The molecule has 1 aromatic rings. The first kappa shape index (κ1) is 12.6. The van der Waals surface area contributed by atoms with Crippen molar-refractivity contribution in [3.63, 3.8) is 0 Å². The predicted octanol–water partition coefficient (Wildman–Crippen LogP) is 2.53. The number of methoxy groups -OCH3 is 1. The maximum absolute atomic E-state index is 6.07. The molecule has 1 aromatic heterocycles. The van der Waals surface area contributed by atoms with Crippen LogP contribution in [0.1, 0.15) is 37.3 Å². The fraction of sp³-hybridized carbons (Fsp3) is 0.583. The zero-order chi connectivity index (χ0) is 12.3. The number of aromatic nitrogens is 1. The van der Waals surface area contributed by atoms with Crippen molar-refractivity contribution in [2.45, 2.75) is 31.7 Å². The van der Waals surface area contributed by atoms with Crippen LogP contribution in [0.3, 0.4) is 0 Å². The quantitative estimate of drug-likeness (QED) is 0.652. The molecule has 0 amide bonds. The van der Waals surface area contributed by atoms with Gasteiger partial charge in [0.05, 0.1) is 13.2 Å². The number of hydrogen-bond acceptors (Lipinski definition) is 4. The molecule has 4 nitrogen and oxygen atoms in total. The number of nitrogens with zero attached hydrogens (tertiary/aromatic N) is 2. The molecule has 2 N–H and O–H groups in total. The maximum atomic E-state index is 6.07. The lowest BCUT2D eigenvalue weighted by Crippen LogP contribution is -2.35. The third-order valence-electron chi connectivity index (χ3n) is 3.23. The van der Waals surface area contributed by atoms with E-state index in [1.807, 2.05) is 11.1 Å². The highest BCUT2D eigenvalue weighted by Crippen LogP contribution is 2.31. The molecule has 0 bridgehead atoms. The van der Waals surface area contributed by atoms with E-state index in [0.29, 0.717) is 10.9 Å². The summed E-state index contributed by atoms with van der Waals surface area (Å²) in [4.78, 5) is 4.15. The molecular formula is C12H18ClN3O. The molecule has 1 fully saturated rings. The number of pyridine rings is 1. The van der Waals surface area contributed by atoms with Gasteiger partial charge in [0.25, 0.3) is 0 Å². The number of hydrogen-bond donors (Lipinski definition) is 1. The minimum Gasteiger partial charge on any atom is -0.494 e. The first-order valence-electron chi connectivity index (χ1n) is 5.93. The van der Waals surface area contributed by atoms with Crippen LogP contribution in [-0.4, -0.2) is 23.6 Å². The van der Waals surface area contributed by atoms with Crippen molar-refractivity contribution < 1.29 is 4.74 Å². The van der Waals surface area contributed by atoms with Crippen molar-refractivity contribution in [2.24, 2.45) is 5.84 Å². The monoisotopic (exact) mass is 255 g/mol. The molecule has 5 heteroatoms. The van der Waals surface area contributed by atoms with Crippen LogP contribution < -0.4 is 10.6 Å². The molecule has 0 aromatic carbocycles. The molecule has 17 heavy (non-hydrogen) atoms. The standard InChI is InChI=1S/C12H18ClN3O/c1-17-11-7-9(8-15-12(11)13)10-5-3-2-4-6-16(10)14/h7-8,10H,2-6,14H2,1H3/t10-/m0/s1. The van der Waals surface area contributed by atoms with Gasteiger partial charge in [0.15, 0.2) is 10.9 Å². The van der Waals surface area contributed by atoms with Crippen molar-refractivity contribution in [3.8, 4) is 5.75 Å². The SMILES string of the molecule is COc1cc([C@@H]2CCCCCN2N)cnc1Cl. The minimum absolute atomic E-state index is 0.219. The summed E-state index contributed by atoms with van der Waals surface area (Å²) in [5.74, 6) is 6.69. The Labute approximate surface area is 107 Å². The molecule has 0 saturated carbocycles. The molecule has 1 saturated heterocycles. The van der Waals surface area contributed by atoms with Gasteiger partial charge in [-0.2, -0.15) is 0 Å². The van der Waals surface area contributed by atoms with Crippen LogP contribution in [0.2, 0.25) is 5.15 Å². The van der Waals surface area contributed by atoms with E-state index in [-0.39, 0.29) is 6.04 Å². The van der Waals surface area contributed by atoms with Gasteiger partial charge in [-0.05, 0) is 24.5 Å². The Morgan fingerprint density at radius 3 is 3.06 bits per heavy atom. The first-order valence-corrected chi connectivity index (χ1v) is 6.31. The van der Waals surface area contributed by atoms with Crippen molar-refractivity contribution in [3.05, 3.63) is 23.0 Å². The lowest BCUT2D eigenvalue weighted by atomic mass is 10.0. The van der Waals surface area contributed by atoms with E-state index in [2.05, 4.69) is 4.98 Å². The van der Waals surface area contributed by atoms with Crippen LogP contribution >= 0.6 is 11.6 Å². The molecule has 1 aliphatic heterocycles. The first-order chi connectivity index (χ1) is 8.22. The molecule has 2 rings (SSSR count). The van der Waals surface area contributed by atoms with Crippen molar-refractivity contribution in [1.29, 1.82) is 0 Å². The molecule has 0 radical (unpaired) electrons. The predicted molar refractivity (Wildman–Crippen MR) is 67.9 cm³/mol. The third-order valence-corrected chi connectivity index (χ3v) is 3.51. The Bertz CT molecular complexity index is 386. The van der Waals surface area contributed by atoms with Crippen LogP contribution in [0.4, 0.5) is 0 Å². The van der Waals surface area contributed by atoms with Gasteiger partial charge in [-0.25, -0.2) is 9.99 Å². The lowest BCUT2D eigenvalue weighted by Gasteiger charge is -2.25. The second-order valence-electron chi connectivity index (χ2n) is 4.36. The summed E-state index contributed by atoms with van der Waals surface area (Å²) in [6, 6.07) is 2.15. The summed E-state index contributed by atoms with van der Waals surface area (Å²) in [5, 5.41) is 2.30. The van der Waals surface area contributed by atoms with Crippen LogP contribution in [0.5, 0.6) is 5.75 Å². The second-order valence-corrected chi connectivity index (χ2v) is 4.72. The van der Waals surface area contributed by atoms with Gasteiger partial charge in [-0.3, -0.25) is 5.84 Å². The van der Waals surface area contributed by atoms with Gasteiger partial charge in [0, 0.05) is 12.7 Å². The number of hydrazine groups is 1. The maximum Gasteiger partial charge on any atom is 0.171 e. The Kier molecular flexibility index (Phi) is 4.20.